The molecule has 1 aromatic rings. The van der Waals surface area contributed by atoms with Crippen molar-refractivity contribution < 1.29 is 14.3 Å². The van der Waals surface area contributed by atoms with Gasteiger partial charge in [0.15, 0.2) is 0 Å². The van der Waals surface area contributed by atoms with Gasteiger partial charge in [-0.05, 0) is 58.0 Å². The number of anilines is 1. The highest BCUT2D eigenvalue weighted by molar-refractivity contribution is 6.32. The third kappa shape index (κ3) is 3.91. The summed E-state index contributed by atoms with van der Waals surface area (Å²) in [6.45, 7) is 5.41. The van der Waals surface area contributed by atoms with E-state index in [1.807, 2.05) is 13.8 Å². The predicted octanol–water partition coefficient (Wildman–Crippen LogP) is 2.83. The first kappa shape index (κ1) is 17.1. The molecule has 122 valence electrons. The van der Waals surface area contributed by atoms with Gasteiger partial charge in [-0.3, -0.25) is 4.79 Å². The van der Waals surface area contributed by atoms with E-state index in [1.165, 1.54) is 0 Å². The number of halogens is 1. The summed E-state index contributed by atoms with van der Waals surface area (Å²) in [4.78, 5) is 12.6. The van der Waals surface area contributed by atoms with Gasteiger partial charge in [-0.25, -0.2) is 0 Å². The monoisotopic (exact) mass is 326 g/mol. The Morgan fingerprint density at radius 1 is 1.36 bits per heavy atom. The Bertz CT molecular complexity index is 528. The van der Waals surface area contributed by atoms with Crippen LogP contribution >= 0.6 is 11.6 Å². The first-order valence-electron chi connectivity index (χ1n) is 7.50. The van der Waals surface area contributed by atoms with Crippen LogP contribution < -0.4 is 15.4 Å². The normalized spacial score (nSPS) is 17.3. The van der Waals surface area contributed by atoms with Crippen LogP contribution in [0, 0.1) is 0 Å². The Balaban J connectivity index is 2.09. The summed E-state index contributed by atoms with van der Waals surface area (Å²) in [7, 11) is 1.58. The molecule has 5 nitrogen and oxygen atoms in total. The van der Waals surface area contributed by atoms with Crippen LogP contribution in [0.3, 0.4) is 0 Å². The van der Waals surface area contributed by atoms with Gasteiger partial charge in [0, 0.05) is 12.8 Å². The molecule has 2 rings (SSSR count). The Morgan fingerprint density at radius 3 is 2.59 bits per heavy atom. The largest absolute Gasteiger partial charge is 0.489 e. The Hall–Kier alpha value is -1.30. The van der Waals surface area contributed by atoms with Gasteiger partial charge in [0.1, 0.15) is 11.4 Å². The number of rotatable bonds is 5. The van der Waals surface area contributed by atoms with Crippen molar-refractivity contribution in [2.24, 2.45) is 0 Å². The highest BCUT2D eigenvalue weighted by atomic mass is 35.5. The minimum atomic E-state index is -0.773. The smallest absolute Gasteiger partial charge is 0.256 e. The number of carbonyl (C=O) groups excluding carboxylic acids is 1. The van der Waals surface area contributed by atoms with Gasteiger partial charge < -0.3 is 20.1 Å². The van der Waals surface area contributed by atoms with Crippen LogP contribution in [0.2, 0.25) is 5.02 Å². The molecular weight excluding hydrogens is 304 g/mol. The van der Waals surface area contributed by atoms with Crippen LogP contribution in [0.25, 0.3) is 0 Å². The number of hydrogen-bond donors (Lipinski definition) is 2. The molecule has 1 aliphatic rings. The number of benzene rings is 1. The van der Waals surface area contributed by atoms with E-state index < -0.39 is 5.60 Å². The third-order valence-electron chi connectivity index (χ3n) is 3.77. The topological polar surface area (TPSA) is 59.6 Å². The molecule has 0 atom stereocenters. The van der Waals surface area contributed by atoms with E-state index in [4.69, 9.17) is 21.1 Å². The van der Waals surface area contributed by atoms with Gasteiger partial charge in [-0.1, -0.05) is 11.6 Å². The average molecular weight is 327 g/mol. The minimum absolute atomic E-state index is 0.0458. The van der Waals surface area contributed by atoms with Crippen molar-refractivity contribution in [3.63, 3.8) is 0 Å². The van der Waals surface area contributed by atoms with Crippen LogP contribution in [0.15, 0.2) is 18.2 Å². The van der Waals surface area contributed by atoms with E-state index in [2.05, 4.69) is 10.6 Å². The molecule has 0 spiro atoms. The molecule has 0 saturated carbocycles. The quantitative estimate of drug-likeness (QED) is 0.873. The van der Waals surface area contributed by atoms with Crippen LogP contribution in [-0.4, -0.2) is 37.8 Å². The molecule has 2 N–H and O–H groups in total. The standard InChI is InChI=1S/C16H23ClN2O3/c1-11(2)22-14-5-4-12(10-13(14)17)19-15(20)16(21-3)6-8-18-9-7-16/h4-5,10-11,18H,6-9H2,1-3H3,(H,19,20). The first-order valence-corrected chi connectivity index (χ1v) is 7.88. The number of hydrogen-bond acceptors (Lipinski definition) is 4. The number of piperidine rings is 1. The van der Waals surface area contributed by atoms with Gasteiger partial charge in [0.25, 0.3) is 5.91 Å². The molecule has 22 heavy (non-hydrogen) atoms. The van der Waals surface area contributed by atoms with Gasteiger partial charge in [-0.15, -0.1) is 0 Å². The molecule has 1 aromatic carbocycles. The second-order valence-electron chi connectivity index (χ2n) is 5.71. The van der Waals surface area contributed by atoms with E-state index in [-0.39, 0.29) is 12.0 Å². The Morgan fingerprint density at radius 2 is 2.05 bits per heavy atom. The summed E-state index contributed by atoms with van der Waals surface area (Å²) < 4.78 is 11.1. The van der Waals surface area contributed by atoms with E-state index in [0.717, 1.165) is 13.1 Å². The molecule has 0 unspecified atom stereocenters. The molecule has 1 fully saturated rings. The van der Waals surface area contributed by atoms with Crippen molar-refractivity contribution in [1.29, 1.82) is 0 Å². The molecule has 6 heteroatoms. The molecule has 0 aliphatic carbocycles. The average Bonchev–Trinajstić information content (AvgIpc) is 2.50. The lowest BCUT2D eigenvalue weighted by Gasteiger charge is -2.34. The summed E-state index contributed by atoms with van der Waals surface area (Å²) in [6.07, 6.45) is 1.35. The summed E-state index contributed by atoms with van der Waals surface area (Å²) in [5.41, 5.74) is -0.133. The van der Waals surface area contributed by atoms with E-state index >= 15 is 0 Å². The van der Waals surface area contributed by atoms with Crippen molar-refractivity contribution in [3.8, 4) is 5.75 Å². The minimum Gasteiger partial charge on any atom is -0.489 e. The highest BCUT2D eigenvalue weighted by Crippen LogP contribution is 2.30. The van der Waals surface area contributed by atoms with Crippen molar-refractivity contribution in [1.82, 2.24) is 5.32 Å². The first-order chi connectivity index (χ1) is 10.5. The zero-order valence-corrected chi connectivity index (χ0v) is 14.0. The van der Waals surface area contributed by atoms with Crippen LogP contribution in [0.1, 0.15) is 26.7 Å². The maximum absolute atomic E-state index is 12.6. The second-order valence-corrected chi connectivity index (χ2v) is 6.12. The zero-order chi connectivity index (χ0) is 16.2. The number of nitrogens with one attached hydrogen (secondary N) is 2. The molecule has 0 radical (unpaired) electrons. The SMILES string of the molecule is COC1(C(=O)Nc2ccc(OC(C)C)c(Cl)c2)CCNCC1. The summed E-state index contributed by atoms with van der Waals surface area (Å²) in [5.74, 6) is 0.475. The van der Waals surface area contributed by atoms with Crippen molar-refractivity contribution >= 4 is 23.2 Å². The number of methoxy groups -OCH3 is 1. The summed E-state index contributed by atoms with van der Waals surface area (Å²) >= 11 is 6.19. The molecule has 1 saturated heterocycles. The summed E-state index contributed by atoms with van der Waals surface area (Å²) in [5, 5.41) is 6.60. The lowest BCUT2D eigenvalue weighted by Crippen LogP contribution is -2.51. The van der Waals surface area contributed by atoms with Crippen molar-refractivity contribution in [3.05, 3.63) is 23.2 Å². The van der Waals surface area contributed by atoms with Crippen LogP contribution in [-0.2, 0) is 9.53 Å². The number of ether oxygens (including phenoxy) is 2. The number of carbonyl (C=O) groups is 1. The van der Waals surface area contributed by atoms with Crippen LogP contribution in [0.4, 0.5) is 5.69 Å². The van der Waals surface area contributed by atoms with Crippen molar-refractivity contribution in [2.75, 3.05) is 25.5 Å². The van der Waals surface area contributed by atoms with Gasteiger partial charge in [0.05, 0.1) is 11.1 Å². The second kappa shape index (κ2) is 7.31. The molecule has 0 aromatic heterocycles. The fraction of sp³-hybridized carbons (Fsp3) is 0.562. The Kier molecular flexibility index (Phi) is 5.67. The highest BCUT2D eigenvalue weighted by Gasteiger charge is 2.39. The van der Waals surface area contributed by atoms with Gasteiger partial charge in [0.2, 0.25) is 0 Å². The molecular formula is C16H23ClN2O3. The van der Waals surface area contributed by atoms with Crippen molar-refractivity contribution in [2.45, 2.75) is 38.4 Å². The predicted molar refractivity (Wildman–Crippen MR) is 87.7 cm³/mol. The maximum atomic E-state index is 12.6. The van der Waals surface area contributed by atoms with Gasteiger partial charge >= 0.3 is 0 Å². The summed E-state index contributed by atoms with van der Waals surface area (Å²) in [6, 6.07) is 5.24. The van der Waals surface area contributed by atoms with E-state index in [1.54, 1.807) is 25.3 Å². The Labute approximate surface area is 136 Å². The van der Waals surface area contributed by atoms with E-state index in [0.29, 0.717) is 29.3 Å². The lowest BCUT2D eigenvalue weighted by molar-refractivity contribution is -0.140. The zero-order valence-electron chi connectivity index (χ0n) is 13.2. The maximum Gasteiger partial charge on any atom is 0.256 e. The molecule has 1 aliphatic heterocycles. The van der Waals surface area contributed by atoms with Crippen LogP contribution in [0.5, 0.6) is 5.75 Å². The molecule has 1 amide bonds. The fourth-order valence-electron chi connectivity index (χ4n) is 2.53. The molecule has 0 bridgehead atoms. The molecule has 1 heterocycles. The van der Waals surface area contributed by atoms with E-state index in [9.17, 15) is 4.79 Å². The number of amides is 1. The third-order valence-corrected chi connectivity index (χ3v) is 4.06. The fourth-order valence-corrected chi connectivity index (χ4v) is 2.75. The van der Waals surface area contributed by atoms with Gasteiger partial charge in [-0.2, -0.15) is 0 Å². The lowest BCUT2D eigenvalue weighted by atomic mass is 9.91.